The summed E-state index contributed by atoms with van der Waals surface area (Å²) in [5, 5.41) is 24.2. The number of benzene rings is 1. The number of hydrogen-bond acceptors (Lipinski definition) is 5. The van der Waals surface area contributed by atoms with Crippen LogP contribution in [0.5, 0.6) is 0 Å². The van der Waals surface area contributed by atoms with Gasteiger partial charge in [0.25, 0.3) is 0 Å². The van der Waals surface area contributed by atoms with E-state index in [4.69, 9.17) is 14.9 Å². The molecule has 0 aliphatic carbocycles. The molecule has 3 N–H and O–H groups in total. The molecule has 0 radical (unpaired) electrons. The van der Waals surface area contributed by atoms with Crippen LogP contribution in [-0.2, 0) is 11.2 Å². The van der Waals surface area contributed by atoms with Crippen molar-refractivity contribution in [3.05, 3.63) is 35.2 Å². The Hall–Kier alpha value is -0.980. The molecule has 2 rings (SSSR count). The smallest absolute Gasteiger partial charge is 0.0894 e. The van der Waals surface area contributed by atoms with E-state index in [9.17, 15) is 0 Å². The normalized spacial score (nSPS) is 12.9. The second-order valence-electron chi connectivity index (χ2n) is 4.70. The van der Waals surface area contributed by atoms with Gasteiger partial charge in [-0.05, 0) is 34.9 Å². The Morgan fingerprint density at radius 3 is 3.00 bits per heavy atom. The van der Waals surface area contributed by atoms with Gasteiger partial charge in [-0.15, -0.1) is 11.3 Å². The molecule has 2 aromatic rings. The van der Waals surface area contributed by atoms with E-state index in [1.165, 1.54) is 15.6 Å². The maximum atomic E-state index is 9.13. The third-order valence-electron chi connectivity index (χ3n) is 3.07. The van der Waals surface area contributed by atoms with Crippen molar-refractivity contribution in [1.29, 1.82) is 0 Å². The molecular weight excluding hydrogens is 274 g/mol. The number of nitrogens with one attached hydrogen (secondary N) is 1. The Morgan fingerprint density at radius 2 is 2.15 bits per heavy atom. The Balaban J connectivity index is 1.59. The molecule has 0 amide bonds. The summed E-state index contributed by atoms with van der Waals surface area (Å²) in [6, 6.07) is 8.66. The largest absolute Gasteiger partial charge is 0.394 e. The molecule has 0 saturated carbocycles. The topological polar surface area (TPSA) is 61.7 Å². The number of hydrogen-bond donors (Lipinski definition) is 3. The lowest BCUT2D eigenvalue weighted by molar-refractivity contribution is 0.0892. The molecule has 1 atom stereocenters. The predicted molar refractivity (Wildman–Crippen MR) is 82.3 cm³/mol. The third kappa shape index (κ3) is 4.85. The van der Waals surface area contributed by atoms with Gasteiger partial charge in [-0.1, -0.05) is 12.1 Å². The first-order valence-corrected chi connectivity index (χ1v) is 7.71. The molecule has 5 heteroatoms. The Kier molecular flexibility index (Phi) is 6.42. The molecule has 20 heavy (non-hydrogen) atoms. The van der Waals surface area contributed by atoms with Crippen LogP contribution in [0.4, 0.5) is 0 Å². The highest BCUT2D eigenvalue weighted by Crippen LogP contribution is 2.21. The highest BCUT2D eigenvalue weighted by Gasteiger charge is 2.00. The van der Waals surface area contributed by atoms with Gasteiger partial charge in [0.2, 0.25) is 0 Å². The van der Waals surface area contributed by atoms with Crippen LogP contribution in [0, 0.1) is 0 Å². The number of fused-ring (bicyclic) bond motifs is 1. The summed E-state index contributed by atoms with van der Waals surface area (Å²) in [7, 11) is 0. The van der Waals surface area contributed by atoms with Gasteiger partial charge in [0.05, 0.1) is 25.9 Å². The van der Waals surface area contributed by atoms with Crippen molar-refractivity contribution in [2.75, 3.05) is 32.9 Å². The molecule has 0 fully saturated rings. The first-order valence-electron chi connectivity index (χ1n) is 6.83. The Morgan fingerprint density at radius 1 is 1.25 bits per heavy atom. The fraction of sp³-hybridized carbons (Fsp3) is 0.467. The minimum atomic E-state index is -0.688. The van der Waals surface area contributed by atoms with Gasteiger partial charge in [-0.2, -0.15) is 0 Å². The van der Waals surface area contributed by atoms with Crippen LogP contribution >= 0.6 is 11.3 Å². The molecular formula is C15H21NO3S. The molecule has 4 nitrogen and oxygen atoms in total. The highest BCUT2D eigenvalue weighted by atomic mass is 32.1. The summed E-state index contributed by atoms with van der Waals surface area (Å²) >= 11 is 1.76. The van der Waals surface area contributed by atoms with Crippen molar-refractivity contribution in [2.24, 2.45) is 0 Å². The van der Waals surface area contributed by atoms with E-state index < -0.39 is 6.10 Å². The van der Waals surface area contributed by atoms with E-state index in [0.29, 0.717) is 26.3 Å². The van der Waals surface area contributed by atoms with Crippen molar-refractivity contribution in [3.63, 3.8) is 0 Å². The van der Waals surface area contributed by atoms with E-state index in [-0.39, 0.29) is 6.61 Å². The number of ether oxygens (including phenoxy) is 1. The molecule has 1 heterocycles. The standard InChI is InChI=1S/C15H21NO3S/c17-11-14(18)10-16-5-7-19-6-3-12-1-2-15-13(9-12)4-8-20-15/h1-2,4,8-9,14,16-18H,3,5-7,10-11H2. The van der Waals surface area contributed by atoms with E-state index in [1.807, 2.05) is 0 Å². The maximum absolute atomic E-state index is 9.13. The summed E-state index contributed by atoms with van der Waals surface area (Å²) in [5.41, 5.74) is 1.29. The van der Waals surface area contributed by atoms with Crippen LogP contribution in [0.3, 0.4) is 0 Å². The third-order valence-corrected chi connectivity index (χ3v) is 3.96. The molecule has 0 bridgehead atoms. The van der Waals surface area contributed by atoms with Crippen molar-refractivity contribution in [2.45, 2.75) is 12.5 Å². The zero-order valence-electron chi connectivity index (χ0n) is 11.4. The fourth-order valence-electron chi connectivity index (χ4n) is 1.94. The SMILES string of the molecule is OCC(O)CNCCOCCc1ccc2sccc2c1. The zero-order valence-corrected chi connectivity index (χ0v) is 12.2. The zero-order chi connectivity index (χ0) is 14.2. The molecule has 0 spiro atoms. The first-order chi connectivity index (χ1) is 9.79. The maximum Gasteiger partial charge on any atom is 0.0894 e. The fourth-order valence-corrected chi connectivity index (χ4v) is 2.71. The summed E-state index contributed by atoms with van der Waals surface area (Å²) < 4.78 is 6.86. The van der Waals surface area contributed by atoms with E-state index in [2.05, 4.69) is 35.0 Å². The van der Waals surface area contributed by atoms with Gasteiger partial charge in [0.15, 0.2) is 0 Å². The van der Waals surface area contributed by atoms with Gasteiger partial charge in [-0.3, -0.25) is 0 Å². The number of aliphatic hydroxyl groups is 2. The van der Waals surface area contributed by atoms with Crippen LogP contribution in [0.1, 0.15) is 5.56 Å². The van der Waals surface area contributed by atoms with Gasteiger partial charge >= 0.3 is 0 Å². The summed E-state index contributed by atoms with van der Waals surface area (Å²) in [6.07, 6.45) is 0.220. The molecule has 1 aromatic carbocycles. The second kappa shape index (κ2) is 8.34. The van der Waals surface area contributed by atoms with Gasteiger partial charge in [0.1, 0.15) is 0 Å². The quantitative estimate of drug-likeness (QED) is 0.612. The van der Waals surface area contributed by atoms with Crippen molar-refractivity contribution in [3.8, 4) is 0 Å². The lowest BCUT2D eigenvalue weighted by Crippen LogP contribution is -2.31. The predicted octanol–water partition coefficient (Wildman–Crippen LogP) is 1.40. The lowest BCUT2D eigenvalue weighted by Gasteiger charge is -2.09. The molecule has 1 aromatic heterocycles. The lowest BCUT2D eigenvalue weighted by atomic mass is 10.1. The van der Waals surface area contributed by atoms with Gasteiger partial charge in [0, 0.05) is 17.8 Å². The first kappa shape index (κ1) is 15.4. The van der Waals surface area contributed by atoms with Crippen molar-refractivity contribution < 1.29 is 14.9 Å². The average Bonchev–Trinajstić information content (AvgIpc) is 2.93. The molecule has 0 aliphatic rings. The monoisotopic (exact) mass is 295 g/mol. The molecule has 1 unspecified atom stereocenters. The highest BCUT2D eigenvalue weighted by molar-refractivity contribution is 7.17. The van der Waals surface area contributed by atoms with E-state index >= 15 is 0 Å². The van der Waals surface area contributed by atoms with Crippen LogP contribution in [0.25, 0.3) is 10.1 Å². The molecule has 0 aliphatic heterocycles. The number of thiophene rings is 1. The molecule has 110 valence electrons. The van der Waals surface area contributed by atoms with Crippen LogP contribution in [0.2, 0.25) is 0 Å². The molecule has 0 saturated heterocycles. The number of aliphatic hydroxyl groups excluding tert-OH is 2. The summed E-state index contributed by atoms with van der Waals surface area (Å²) in [5.74, 6) is 0. The van der Waals surface area contributed by atoms with E-state index in [1.54, 1.807) is 11.3 Å². The van der Waals surface area contributed by atoms with Crippen molar-refractivity contribution >= 4 is 21.4 Å². The van der Waals surface area contributed by atoms with Crippen LogP contribution < -0.4 is 5.32 Å². The number of rotatable bonds is 9. The minimum absolute atomic E-state index is 0.209. The summed E-state index contributed by atoms with van der Waals surface area (Å²) in [6.45, 7) is 2.17. The summed E-state index contributed by atoms with van der Waals surface area (Å²) in [4.78, 5) is 0. The average molecular weight is 295 g/mol. The van der Waals surface area contributed by atoms with Crippen LogP contribution in [0.15, 0.2) is 29.6 Å². The van der Waals surface area contributed by atoms with Gasteiger partial charge in [-0.25, -0.2) is 0 Å². The Labute approximate surface area is 123 Å². The minimum Gasteiger partial charge on any atom is -0.394 e. The van der Waals surface area contributed by atoms with Gasteiger partial charge < -0.3 is 20.3 Å². The van der Waals surface area contributed by atoms with Crippen LogP contribution in [-0.4, -0.2) is 49.2 Å². The Bertz CT molecular complexity index is 515. The second-order valence-corrected chi connectivity index (χ2v) is 5.64. The van der Waals surface area contributed by atoms with Crippen molar-refractivity contribution in [1.82, 2.24) is 5.32 Å². The van der Waals surface area contributed by atoms with E-state index in [0.717, 1.165) is 6.42 Å².